The molecule has 0 aromatic heterocycles. The third kappa shape index (κ3) is 10.1. The van der Waals surface area contributed by atoms with Crippen molar-refractivity contribution in [2.75, 3.05) is 0 Å². The van der Waals surface area contributed by atoms with E-state index >= 15 is 0 Å². The maximum absolute atomic E-state index is 11.6. The quantitative estimate of drug-likeness (QED) is 0.712. The summed E-state index contributed by atoms with van der Waals surface area (Å²) in [4.78, 5) is 33.2. The topological polar surface area (TPSA) is 95.5 Å². The summed E-state index contributed by atoms with van der Waals surface area (Å²) in [6.07, 6.45) is 0.254. The first-order valence-corrected chi connectivity index (χ1v) is 6.25. The Morgan fingerprint density at radius 1 is 1.00 bits per heavy atom. The fourth-order valence-electron chi connectivity index (χ4n) is 2.12. The summed E-state index contributed by atoms with van der Waals surface area (Å²) in [6.45, 7) is 9.93. The average molecular weight is 272 g/mol. The number of urea groups is 1. The van der Waals surface area contributed by atoms with Crippen molar-refractivity contribution in [3.05, 3.63) is 0 Å². The second-order valence-corrected chi connectivity index (χ2v) is 6.52. The maximum Gasteiger partial charge on any atom is 0.321 e. The Morgan fingerprint density at radius 2 is 1.53 bits per heavy atom. The van der Waals surface area contributed by atoms with Gasteiger partial charge < -0.3 is 10.4 Å². The summed E-state index contributed by atoms with van der Waals surface area (Å²) in [5.41, 5.74) is -0.403. The van der Waals surface area contributed by atoms with Gasteiger partial charge in [0.25, 0.3) is 0 Å². The number of rotatable bonds is 5. The van der Waals surface area contributed by atoms with Gasteiger partial charge in [-0.05, 0) is 25.7 Å². The van der Waals surface area contributed by atoms with Gasteiger partial charge in [-0.1, -0.05) is 20.8 Å². The number of carboxylic acids is 1. The molecule has 19 heavy (non-hydrogen) atoms. The molecular weight excluding hydrogens is 248 g/mol. The van der Waals surface area contributed by atoms with E-state index in [-0.39, 0.29) is 18.3 Å². The molecule has 0 rings (SSSR count). The molecule has 0 bridgehead atoms. The fourth-order valence-corrected chi connectivity index (χ4v) is 2.12. The fraction of sp³-hybridized carbons (Fsp3) is 0.769. The SMILES string of the molecule is CC(C)(C)CC(C)(C)NC(=O)NC(=O)CCC(=O)O. The highest BCUT2D eigenvalue weighted by Crippen LogP contribution is 2.26. The third-order valence-corrected chi connectivity index (χ3v) is 2.24. The molecule has 0 aromatic rings. The zero-order valence-corrected chi connectivity index (χ0v) is 12.3. The second-order valence-electron chi connectivity index (χ2n) is 6.52. The van der Waals surface area contributed by atoms with Gasteiger partial charge in [-0.2, -0.15) is 0 Å². The summed E-state index contributed by atoms with van der Waals surface area (Å²) >= 11 is 0. The van der Waals surface area contributed by atoms with Crippen LogP contribution < -0.4 is 10.6 Å². The summed E-state index contributed by atoms with van der Waals surface area (Å²) in [6, 6.07) is -0.593. The Labute approximate surface area is 113 Å². The van der Waals surface area contributed by atoms with Crippen molar-refractivity contribution in [2.24, 2.45) is 5.41 Å². The zero-order valence-electron chi connectivity index (χ0n) is 12.3. The van der Waals surface area contributed by atoms with Crippen LogP contribution in [0, 0.1) is 5.41 Å². The van der Waals surface area contributed by atoms with E-state index in [1.807, 2.05) is 13.8 Å². The van der Waals surface area contributed by atoms with Crippen molar-refractivity contribution in [1.82, 2.24) is 10.6 Å². The molecule has 3 amide bonds. The second kappa shape index (κ2) is 6.54. The molecule has 0 aliphatic rings. The molecule has 0 saturated carbocycles. The lowest BCUT2D eigenvalue weighted by atomic mass is 9.82. The first-order chi connectivity index (χ1) is 8.41. The van der Waals surface area contributed by atoms with Crippen LogP contribution in [-0.2, 0) is 9.59 Å². The summed E-state index contributed by atoms with van der Waals surface area (Å²) in [7, 11) is 0. The smallest absolute Gasteiger partial charge is 0.321 e. The highest BCUT2D eigenvalue weighted by molar-refractivity contribution is 5.95. The Kier molecular flexibility index (Phi) is 5.99. The molecule has 0 radical (unpaired) electrons. The number of amides is 3. The van der Waals surface area contributed by atoms with Gasteiger partial charge in [0.05, 0.1) is 6.42 Å². The van der Waals surface area contributed by atoms with E-state index in [1.54, 1.807) is 0 Å². The van der Waals surface area contributed by atoms with Crippen LogP contribution in [0.3, 0.4) is 0 Å². The minimum absolute atomic E-state index is 0.0457. The van der Waals surface area contributed by atoms with Crippen molar-refractivity contribution in [3.8, 4) is 0 Å². The molecule has 0 heterocycles. The van der Waals surface area contributed by atoms with Crippen LogP contribution in [0.2, 0.25) is 0 Å². The van der Waals surface area contributed by atoms with Crippen LogP contribution in [0.15, 0.2) is 0 Å². The molecule has 3 N–H and O–H groups in total. The van der Waals surface area contributed by atoms with Crippen molar-refractivity contribution in [2.45, 2.75) is 59.4 Å². The molecule has 0 atom stereocenters. The van der Waals surface area contributed by atoms with Gasteiger partial charge in [0.15, 0.2) is 0 Å². The minimum Gasteiger partial charge on any atom is -0.481 e. The van der Waals surface area contributed by atoms with Crippen LogP contribution in [0.1, 0.15) is 53.9 Å². The standard InChI is InChI=1S/C13H24N2O4/c1-12(2,3)8-13(4,5)15-11(19)14-9(16)6-7-10(17)18/h6-8H2,1-5H3,(H,17,18)(H2,14,15,16,19). The van der Waals surface area contributed by atoms with Crippen molar-refractivity contribution >= 4 is 17.9 Å². The molecule has 0 aliphatic heterocycles. The number of hydrogen-bond acceptors (Lipinski definition) is 3. The van der Waals surface area contributed by atoms with E-state index in [0.29, 0.717) is 0 Å². The van der Waals surface area contributed by atoms with Crippen LogP contribution >= 0.6 is 0 Å². The van der Waals surface area contributed by atoms with Gasteiger partial charge in [0.2, 0.25) is 5.91 Å². The first kappa shape index (κ1) is 17.4. The Bertz CT molecular complexity index is 356. The van der Waals surface area contributed by atoms with E-state index in [9.17, 15) is 14.4 Å². The van der Waals surface area contributed by atoms with Gasteiger partial charge in [-0.25, -0.2) is 4.79 Å². The first-order valence-electron chi connectivity index (χ1n) is 6.25. The summed E-state index contributed by atoms with van der Waals surface area (Å²) < 4.78 is 0. The van der Waals surface area contributed by atoms with Gasteiger partial charge in [-0.15, -0.1) is 0 Å². The van der Waals surface area contributed by atoms with Gasteiger partial charge in [-0.3, -0.25) is 14.9 Å². The van der Waals surface area contributed by atoms with E-state index < -0.39 is 23.4 Å². The third-order valence-electron chi connectivity index (χ3n) is 2.24. The molecule has 110 valence electrons. The summed E-state index contributed by atoms with van der Waals surface area (Å²) in [5.74, 6) is -1.66. The molecular formula is C13H24N2O4. The Hall–Kier alpha value is -1.59. The van der Waals surface area contributed by atoms with E-state index in [1.165, 1.54) is 0 Å². The van der Waals surface area contributed by atoms with E-state index in [4.69, 9.17) is 5.11 Å². The van der Waals surface area contributed by atoms with Gasteiger partial charge in [0, 0.05) is 12.0 Å². The number of carboxylic acid groups (broad SMARTS) is 1. The van der Waals surface area contributed by atoms with E-state index in [0.717, 1.165) is 6.42 Å². The monoisotopic (exact) mass is 272 g/mol. The van der Waals surface area contributed by atoms with Crippen LogP contribution in [0.5, 0.6) is 0 Å². The minimum atomic E-state index is -1.07. The lowest BCUT2D eigenvalue weighted by Crippen LogP contribution is -2.51. The number of aliphatic carboxylic acids is 1. The van der Waals surface area contributed by atoms with E-state index in [2.05, 4.69) is 31.4 Å². The largest absolute Gasteiger partial charge is 0.481 e. The maximum atomic E-state index is 11.6. The van der Waals surface area contributed by atoms with Crippen molar-refractivity contribution in [3.63, 3.8) is 0 Å². The van der Waals surface area contributed by atoms with Crippen LogP contribution in [-0.4, -0.2) is 28.6 Å². The number of nitrogens with one attached hydrogen (secondary N) is 2. The lowest BCUT2D eigenvalue weighted by molar-refractivity contribution is -0.138. The molecule has 0 aliphatic carbocycles. The highest BCUT2D eigenvalue weighted by Gasteiger charge is 2.27. The number of imide groups is 1. The molecule has 0 saturated heterocycles. The lowest BCUT2D eigenvalue weighted by Gasteiger charge is -2.33. The number of carbonyl (C=O) groups excluding carboxylic acids is 2. The Balaban J connectivity index is 4.23. The predicted octanol–water partition coefficient (Wildman–Crippen LogP) is 1.89. The molecule has 6 nitrogen and oxygen atoms in total. The van der Waals surface area contributed by atoms with Gasteiger partial charge in [0.1, 0.15) is 0 Å². The average Bonchev–Trinajstić information content (AvgIpc) is 2.08. The van der Waals surface area contributed by atoms with Crippen LogP contribution in [0.4, 0.5) is 4.79 Å². The predicted molar refractivity (Wildman–Crippen MR) is 71.7 cm³/mol. The number of hydrogen-bond donors (Lipinski definition) is 3. The van der Waals surface area contributed by atoms with Crippen molar-refractivity contribution < 1.29 is 19.5 Å². The summed E-state index contributed by atoms with van der Waals surface area (Å²) in [5, 5.41) is 13.3. The normalized spacial score (nSPS) is 11.8. The zero-order chi connectivity index (χ0) is 15.3. The number of carbonyl (C=O) groups is 3. The van der Waals surface area contributed by atoms with Crippen LogP contribution in [0.25, 0.3) is 0 Å². The molecule has 0 unspecified atom stereocenters. The highest BCUT2D eigenvalue weighted by atomic mass is 16.4. The van der Waals surface area contributed by atoms with Crippen molar-refractivity contribution in [1.29, 1.82) is 0 Å². The molecule has 0 fully saturated rings. The molecule has 6 heteroatoms. The molecule has 0 spiro atoms. The Morgan fingerprint density at radius 3 is 1.95 bits per heavy atom. The molecule has 0 aromatic carbocycles. The van der Waals surface area contributed by atoms with Gasteiger partial charge >= 0.3 is 12.0 Å².